The van der Waals surface area contributed by atoms with Crippen LogP contribution in [0.4, 0.5) is 10.8 Å². The number of anilines is 2. The summed E-state index contributed by atoms with van der Waals surface area (Å²) >= 11 is 1.33. The number of nitrogens with one attached hydrogen (secondary N) is 1. The van der Waals surface area contributed by atoms with Crippen LogP contribution in [0.25, 0.3) is 0 Å². The summed E-state index contributed by atoms with van der Waals surface area (Å²) in [6.45, 7) is 0. The Bertz CT molecular complexity index is 483. The number of nitrogens with two attached hydrogens (primary N) is 1. The van der Waals surface area contributed by atoms with Crippen molar-refractivity contribution in [3.05, 3.63) is 35.6 Å². The summed E-state index contributed by atoms with van der Waals surface area (Å²) in [5.41, 5.74) is 6.83. The molecule has 0 unspecified atom stereocenters. The van der Waals surface area contributed by atoms with Crippen molar-refractivity contribution in [2.75, 3.05) is 11.1 Å². The van der Waals surface area contributed by atoms with E-state index in [1.165, 1.54) is 11.3 Å². The lowest BCUT2D eigenvalue weighted by Gasteiger charge is -2.02. The molecule has 0 fully saturated rings. The molecule has 0 aliphatic carbocycles. The van der Waals surface area contributed by atoms with Gasteiger partial charge in [0.2, 0.25) is 5.91 Å². The Morgan fingerprint density at radius 3 is 3.06 bits per heavy atom. The number of hydrogen-bond acceptors (Lipinski definition) is 5. The summed E-state index contributed by atoms with van der Waals surface area (Å²) in [6, 6.07) is 3.54. The Morgan fingerprint density at radius 2 is 2.44 bits per heavy atom. The first-order valence-electron chi connectivity index (χ1n) is 4.64. The second-order valence-corrected chi connectivity index (χ2v) is 4.03. The molecule has 0 bridgehead atoms. The van der Waals surface area contributed by atoms with Crippen LogP contribution < -0.4 is 11.1 Å². The third-order valence-electron chi connectivity index (χ3n) is 1.86. The molecule has 0 aliphatic rings. The number of nitrogen functional groups attached to an aromatic ring is 1. The molecule has 2 rings (SSSR count). The van der Waals surface area contributed by atoms with Crippen molar-refractivity contribution in [3.8, 4) is 0 Å². The molecule has 0 saturated carbocycles. The van der Waals surface area contributed by atoms with Gasteiger partial charge in [-0.15, -0.1) is 11.3 Å². The predicted octanol–water partition coefficient (Wildman–Crippen LogP) is 1.30. The molecule has 0 radical (unpaired) electrons. The van der Waals surface area contributed by atoms with Gasteiger partial charge in [-0.1, -0.05) is 0 Å². The Balaban J connectivity index is 1.95. The number of aromatic nitrogens is 2. The van der Waals surface area contributed by atoms with E-state index in [1.807, 2.05) is 0 Å². The van der Waals surface area contributed by atoms with Gasteiger partial charge >= 0.3 is 0 Å². The highest BCUT2D eigenvalue weighted by Gasteiger charge is 2.06. The second-order valence-electron chi connectivity index (χ2n) is 3.14. The van der Waals surface area contributed by atoms with Crippen LogP contribution >= 0.6 is 11.3 Å². The quantitative estimate of drug-likeness (QED) is 0.838. The second kappa shape index (κ2) is 4.71. The third kappa shape index (κ3) is 2.77. The van der Waals surface area contributed by atoms with Gasteiger partial charge in [-0.3, -0.25) is 9.78 Å². The van der Waals surface area contributed by atoms with Gasteiger partial charge in [0.25, 0.3) is 0 Å². The molecule has 2 aromatic heterocycles. The summed E-state index contributed by atoms with van der Waals surface area (Å²) in [6.07, 6.45) is 3.46. The molecule has 82 valence electrons. The number of pyridine rings is 1. The van der Waals surface area contributed by atoms with Crippen molar-refractivity contribution in [2.45, 2.75) is 6.42 Å². The number of thiazole rings is 1. The van der Waals surface area contributed by atoms with Gasteiger partial charge in [0.1, 0.15) is 0 Å². The maximum Gasteiger partial charge on any atom is 0.230 e. The maximum atomic E-state index is 11.6. The summed E-state index contributed by atoms with van der Waals surface area (Å²) in [4.78, 5) is 19.5. The fourth-order valence-corrected chi connectivity index (χ4v) is 1.77. The van der Waals surface area contributed by atoms with Gasteiger partial charge in [0.15, 0.2) is 5.13 Å². The molecule has 2 aromatic rings. The van der Waals surface area contributed by atoms with Crippen molar-refractivity contribution < 1.29 is 4.79 Å². The molecule has 6 heteroatoms. The molecule has 2 heterocycles. The molecule has 3 N–H and O–H groups in total. The number of carbonyl (C=O) groups is 1. The summed E-state index contributed by atoms with van der Waals surface area (Å²) in [5.74, 6) is -0.127. The van der Waals surface area contributed by atoms with Crippen LogP contribution in [0.1, 0.15) is 5.69 Å². The fourth-order valence-electron chi connectivity index (χ4n) is 1.21. The monoisotopic (exact) mass is 234 g/mol. The lowest BCUT2D eigenvalue weighted by Crippen LogP contribution is -2.14. The molecular weight excluding hydrogens is 224 g/mol. The number of carbonyl (C=O) groups excluding carboxylic acids is 1. The fraction of sp³-hybridized carbons (Fsp3) is 0.100. The third-order valence-corrected chi connectivity index (χ3v) is 2.58. The average Bonchev–Trinajstić information content (AvgIpc) is 2.65. The van der Waals surface area contributed by atoms with E-state index >= 15 is 0 Å². The molecule has 0 aromatic carbocycles. The molecule has 16 heavy (non-hydrogen) atoms. The first kappa shape index (κ1) is 10.6. The molecule has 5 nitrogen and oxygen atoms in total. The van der Waals surface area contributed by atoms with Crippen molar-refractivity contribution in [1.82, 2.24) is 9.97 Å². The minimum Gasteiger partial charge on any atom is -0.375 e. The van der Waals surface area contributed by atoms with Crippen LogP contribution in [0, 0.1) is 0 Å². The zero-order valence-corrected chi connectivity index (χ0v) is 9.20. The van der Waals surface area contributed by atoms with Crippen LogP contribution in [-0.4, -0.2) is 15.9 Å². The van der Waals surface area contributed by atoms with Crippen molar-refractivity contribution >= 4 is 28.1 Å². The van der Waals surface area contributed by atoms with Crippen LogP contribution in [0.15, 0.2) is 29.9 Å². The molecule has 0 saturated heterocycles. The maximum absolute atomic E-state index is 11.6. The molecular formula is C10H10N4OS. The van der Waals surface area contributed by atoms with Gasteiger partial charge in [0.05, 0.1) is 24.0 Å². The van der Waals surface area contributed by atoms with E-state index in [0.717, 1.165) is 0 Å². The predicted molar refractivity (Wildman–Crippen MR) is 63.1 cm³/mol. The summed E-state index contributed by atoms with van der Waals surface area (Å²) in [7, 11) is 0. The Morgan fingerprint density at radius 1 is 1.56 bits per heavy atom. The first-order valence-corrected chi connectivity index (χ1v) is 5.52. The van der Waals surface area contributed by atoms with Gasteiger partial charge in [-0.2, -0.15) is 0 Å². The molecule has 1 amide bonds. The van der Waals surface area contributed by atoms with Crippen LogP contribution in [0.2, 0.25) is 0 Å². The topological polar surface area (TPSA) is 80.9 Å². The molecule has 0 spiro atoms. The lowest BCUT2D eigenvalue weighted by molar-refractivity contribution is -0.115. The number of rotatable bonds is 3. The standard InChI is InChI=1S/C10H10N4OS/c11-10-14-8(6-16-10)4-9(15)13-7-2-1-3-12-5-7/h1-3,5-6H,4H2,(H2,11,14)(H,13,15). The highest BCUT2D eigenvalue weighted by atomic mass is 32.1. The summed E-state index contributed by atoms with van der Waals surface area (Å²) < 4.78 is 0. The van der Waals surface area contributed by atoms with Gasteiger partial charge in [0, 0.05) is 11.6 Å². The number of nitrogens with zero attached hydrogens (tertiary/aromatic N) is 2. The Labute approximate surface area is 96.3 Å². The van der Waals surface area contributed by atoms with Crippen LogP contribution in [0.3, 0.4) is 0 Å². The van der Waals surface area contributed by atoms with E-state index in [1.54, 1.807) is 29.9 Å². The molecule has 0 atom stereocenters. The van der Waals surface area contributed by atoms with Crippen LogP contribution in [-0.2, 0) is 11.2 Å². The zero-order chi connectivity index (χ0) is 11.4. The van der Waals surface area contributed by atoms with Crippen molar-refractivity contribution in [3.63, 3.8) is 0 Å². The minimum absolute atomic E-state index is 0.127. The van der Waals surface area contributed by atoms with Crippen molar-refractivity contribution in [1.29, 1.82) is 0 Å². The average molecular weight is 234 g/mol. The Kier molecular flexibility index (Phi) is 3.11. The minimum atomic E-state index is -0.127. The SMILES string of the molecule is Nc1nc(CC(=O)Nc2cccnc2)cs1. The smallest absolute Gasteiger partial charge is 0.230 e. The van der Waals surface area contributed by atoms with E-state index < -0.39 is 0 Å². The zero-order valence-electron chi connectivity index (χ0n) is 8.38. The van der Waals surface area contributed by atoms with Crippen LogP contribution in [0.5, 0.6) is 0 Å². The number of amides is 1. The van der Waals surface area contributed by atoms with E-state index in [4.69, 9.17) is 5.73 Å². The van der Waals surface area contributed by atoms with Gasteiger partial charge in [-0.25, -0.2) is 4.98 Å². The Hall–Kier alpha value is -1.95. The lowest BCUT2D eigenvalue weighted by atomic mass is 10.3. The van der Waals surface area contributed by atoms with E-state index in [0.29, 0.717) is 16.5 Å². The first-order chi connectivity index (χ1) is 7.74. The van der Waals surface area contributed by atoms with E-state index in [9.17, 15) is 4.79 Å². The molecule has 0 aliphatic heterocycles. The normalized spacial score (nSPS) is 10.0. The van der Waals surface area contributed by atoms with E-state index in [-0.39, 0.29) is 12.3 Å². The number of hydrogen-bond donors (Lipinski definition) is 2. The highest BCUT2D eigenvalue weighted by molar-refractivity contribution is 7.13. The van der Waals surface area contributed by atoms with E-state index in [2.05, 4.69) is 15.3 Å². The van der Waals surface area contributed by atoms with Crippen molar-refractivity contribution in [2.24, 2.45) is 0 Å². The van der Waals surface area contributed by atoms with Gasteiger partial charge < -0.3 is 11.1 Å². The highest BCUT2D eigenvalue weighted by Crippen LogP contribution is 2.12. The largest absolute Gasteiger partial charge is 0.375 e. The summed E-state index contributed by atoms with van der Waals surface area (Å²) in [5, 5.41) is 4.97. The van der Waals surface area contributed by atoms with Gasteiger partial charge in [-0.05, 0) is 12.1 Å².